The lowest BCUT2D eigenvalue weighted by Crippen LogP contribution is -2.41. The van der Waals surface area contributed by atoms with Crippen molar-refractivity contribution in [1.82, 2.24) is 40.0 Å². The quantitative estimate of drug-likeness (QED) is 0.499. The number of hydrogen-bond acceptors (Lipinski definition) is 6. The summed E-state index contributed by atoms with van der Waals surface area (Å²) in [6.07, 6.45) is 5.86. The largest absolute Gasteiger partial charge is 0.271 e. The molecule has 1 saturated heterocycles. The molecule has 9 nitrogen and oxygen atoms in total. The minimum absolute atomic E-state index is 0.0658. The second kappa shape index (κ2) is 8.11. The Morgan fingerprint density at radius 3 is 2.58 bits per heavy atom. The molecule has 0 saturated carbocycles. The van der Waals surface area contributed by atoms with Crippen LogP contribution in [0.2, 0.25) is 0 Å². The Labute approximate surface area is 179 Å². The van der Waals surface area contributed by atoms with Gasteiger partial charge >= 0.3 is 0 Å². The molecule has 0 N–H and O–H groups in total. The van der Waals surface area contributed by atoms with Crippen LogP contribution in [0.4, 0.5) is 0 Å². The normalized spacial score (nSPS) is 14.3. The molecule has 0 radical (unpaired) electrons. The first-order valence-corrected chi connectivity index (χ1v) is 10.2. The van der Waals surface area contributed by atoms with Crippen LogP contribution in [-0.4, -0.2) is 59.0 Å². The third-order valence-corrected chi connectivity index (χ3v) is 5.25. The second-order valence-corrected chi connectivity index (χ2v) is 7.47. The number of carbonyl (C=O) groups excluding carboxylic acids is 1. The molecule has 156 valence electrons. The highest BCUT2D eigenvalue weighted by Gasteiger charge is 2.30. The van der Waals surface area contributed by atoms with E-state index in [-0.39, 0.29) is 5.91 Å². The first-order valence-electron chi connectivity index (χ1n) is 10.2. The molecule has 0 aliphatic carbocycles. The van der Waals surface area contributed by atoms with Crippen LogP contribution in [0.1, 0.15) is 28.0 Å². The van der Waals surface area contributed by atoms with E-state index in [0.29, 0.717) is 24.3 Å². The SMILES string of the molecule is Cc1ccc(-n2nccn2)c(C(=O)N2CCCN2Cc2cnn(-c3ccccc3)n2)c1. The molecular formula is C22H22N8O. The monoisotopic (exact) mass is 414 g/mol. The zero-order valence-corrected chi connectivity index (χ0v) is 17.2. The molecular weight excluding hydrogens is 392 g/mol. The maximum Gasteiger partial charge on any atom is 0.270 e. The van der Waals surface area contributed by atoms with Crippen molar-refractivity contribution in [2.45, 2.75) is 19.9 Å². The van der Waals surface area contributed by atoms with E-state index in [0.717, 1.165) is 29.9 Å². The molecule has 0 atom stereocenters. The van der Waals surface area contributed by atoms with Crippen molar-refractivity contribution in [2.75, 3.05) is 13.1 Å². The van der Waals surface area contributed by atoms with Crippen LogP contribution < -0.4 is 0 Å². The Morgan fingerprint density at radius 1 is 0.968 bits per heavy atom. The van der Waals surface area contributed by atoms with Crippen LogP contribution in [0.15, 0.2) is 67.1 Å². The fourth-order valence-corrected chi connectivity index (χ4v) is 3.77. The smallest absolute Gasteiger partial charge is 0.270 e. The van der Waals surface area contributed by atoms with Gasteiger partial charge in [0.2, 0.25) is 0 Å². The zero-order valence-electron chi connectivity index (χ0n) is 17.2. The van der Waals surface area contributed by atoms with Gasteiger partial charge < -0.3 is 0 Å². The van der Waals surface area contributed by atoms with Crippen LogP contribution in [0.25, 0.3) is 11.4 Å². The number of para-hydroxylation sites is 1. The highest BCUT2D eigenvalue weighted by atomic mass is 16.2. The summed E-state index contributed by atoms with van der Waals surface area (Å²) in [5.74, 6) is -0.0658. The zero-order chi connectivity index (χ0) is 21.2. The van der Waals surface area contributed by atoms with Crippen molar-refractivity contribution in [1.29, 1.82) is 0 Å². The van der Waals surface area contributed by atoms with Crippen LogP contribution in [0, 0.1) is 6.92 Å². The Kier molecular flexibility index (Phi) is 5.01. The second-order valence-electron chi connectivity index (χ2n) is 7.47. The summed E-state index contributed by atoms with van der Waals surface area (Å²) < 4.78 is 0. The topological polar surface area (TPSA) is 85.0 Å². The summed E-state index contributed by atoms with van der Waals surface area (Å²) in [5.41, 5.74) is 3.97. The number of benzene rings is 2. The number of nitrogens with zero attached hydrogens (tertiary/aromatic N) is 8. The van der Waals surface area contributed by atoms with Crippen molar-refractivity contribution < 1.29 is 4.79 Å². The standard InChI is InChI=1S/C22H22N8O/c1-17-8-9-21(30-23-10-11-24-30)20(14-17)22(31)28-13-5-12-27(28)16-18-15-25-29(26-18)19-6-3-2-4-7-19/h2-4,6-11,14-15H,5,12-13,16H2,1H3. The molecule has 0 spiro atoms. The van der Waals surface area contributed by atoms with Crippen LogP contribution >= 0.6 is 0 Å². The third kappa shape index (κ3) is 3.82. The van der Waals surface area contributed by atoms with Gasteiger partial charge in [0.15, 0.2) is 0 Å². The van der Waals surface area contributed by atoms with E-state index in [1.54, 1.807) is 28.4 Å². The number of aryl methyl sites for hydroxylation is 1. The first kappa shape index (κ1) is 19.1. The third-order valence-electron chi connectivity index (χ3n) is 5.25. The highest BCUT2D eigenvalue weighted by molar-refractivity contribution is 5.97. The van der Waals surface area contributed by atoms with E-state index < -0.39 is 0 Å². The average molecular weight is 414 g/mol. The van der Waals surface area contributed by atoms with Gasteiger partial charge in [-0.2, -0.15) is 30.0 Å². The van der Waals surface area contributed by atoms with E-state index >= 15 is 0 Å². The summed E-state index contributed by atoms with van der Waals surface area (Å²) in [6.45, 7) is 3.93. The predicted octanol–water partition coefficient (Wildman–Crippen LogP) is 2.42. The molecule has 4 aromatic rings. The van der Waals surface area contributed by atoms with Gasteiger partial charge in [-0.1, -0.05) is 29.8 Å². The van der Waals surface area contributed by atoms with Crippen molar-refractivity contribution in [2.24, 2.45) is 0 Å². The van der Waals surface area contributed by atoms with Gasteiger partial charge in [-0.15, -0.1) is 0 Å². The Balaban J connectivity index is 1.38. The fourth-order valence-electron chi connectivity index (χ4n) is 3.77. The molecule has 1 aliphatic rings. The minimum atomic E-state index is -0.0658. The number of aromatic nitrogens is 6. The molecule has 0 unspecified atom stereocenters. The van der Waals surface area contributed by atoms with Crippen molar-refractivity contribution in [3.8, 4) is 11.4 Å². The van der Waals surface area contributed by atoms with E-state index in [4.69, 9.17) is 0 Å². The van der Waals surface area contributed by atoms with Gasteiger partial charge in [0.25, 0.3) is 5.91 Å². The summed E-state index contributed by atoms with van der Waals surface area (Å²) in [4.78, 5) is 16.6. The molecule has 0 bridgehead atoms. The van der Waals surface area contributed by atoms with Gasteiger partial charge in [0.05, 0.1) is 47.8 Å². The Morgan fingerprint density at radius 2 is 1.77 bits per heavy atom. The first-order chi connectivity index (χ1) is 15.2. The fraction of sp³-hybridized carbons (Fsp3) is 0.227. The number of hydrazine groups is 1. The molecule has 31 heavy (non-hydrogen) atoms. The van der Waals surface area contributed by atoms with Gasteiger partial charge in [0, 0.05) is 13.1 Å². The maximum absolute atomic E-state index is 13.5. The number of hydrogen-bond donors (Lipinski definition) is 0. The lowest BCUT2D eigenvalue weighted by molar-refractivity contribution is 0.0164. The summed E-state index contributed by atoms with van der Waals surface area (Å²) in [7, 11) is 0. The van der Waals surface area contributed by atoms with E-state index in [1.807, 2.05) is 60.5 Å². The number of carbonyl (C=O) groups is 1. The van der Waals surface area contributed by atoms with Crippen molar-refractivity contribution in [3.63, 3.8) is 0 Å². The van der Waals surface area contributed by atoms with Crippen LogP contribution in [-0.2, 0) is 6.54 Å². The molecule has 1 amide bonds. The van der Waals surface area contributed by atoms with Gasteiger partial charge in [-0.3, -0.25) is 9.80 Å². The van der Waals surface area contributed by atoms with Crippen molar-refractivity contribution in [3.05, 3.63) is 83.9 Å². The molecule has 2 aromatic heterocycles. The summed E-state index contributed by atoms with van der Waals surface area (Å²) in [5, 5.41) is 21.2. The minimum Gasteiger partial charge on any atom is -0.271 e. The van der Waals surface area contributed by atoms with E-state index in [1.165, 1.54) is 4.80 Å². The highest BCUT2D eigenvalue weighted by Crippen LogP contribution is 2.22. The number of amides is 1. The number of rotatable bonds is 5. The lowest BCUT2D eigenvalue weighted by atomic mass is 10.1. The maximum atomic E-state index is 13.5. The average Bonchev–Trinajstić information content (AvgIpc) is 3.56. The Bertz CT molecular complexity index is 1190. The molecule has 9 heteroatoms. The molecule has 2 aromatic carbocycles. The van der Waals surface area contributed by atoms with Gasteiger partial charge in [-0.25, -0.2) is 5.01 Å². The van der Waals surface area contributed by atoms with E-state index in [9.17, 15) is 4.79 Å². The molecule has 3 heterocycles. The molecule has 1 aliphatic heterocycles. The van der Waals surface area contributed by atoms with Gasteiger partial charge in [0.1, 0.15) is 0 Å². The van der Waals surface area contributed by atoms with E-state index in [2.05, 4.69) is 20.4 Å². The van der Waals surface area contributed by atoms with Crippen LogP contribution in [0.3, 0.4) is 0 Å². The lowest BCUT2D eigenvalue weighted by Gasteiger charge is -2.28. The van der Waals surface area contributed by atoms with Gasteiger partial charge in [-0.05, 0) is 37.6 Å². The summed E-state index contributed by atoms with van der Waals surface area (Å²) >= 11 is 0. The predicted molar refractivity (Wildman–Crippen MR) is 114 cm³/mol. The molecule has 5 rings (SSSR count). The summed E-state index contributed by atoms with van der Waals surface area (Å²) in [6, 6.07) is 15.5. The Hall–Kier alpha value is -3.85. The molecule has 1 fully saturated rings. The van der Waals surface area contributed by atoms with Crippen LogP contribution in [0.5, 0.6) is 0 Å². The van der Waals surface area contributed by atoms with Crippen molar-refractivity contribution >= 4 is 5.91 Å².